The van der Waals surface area contributed by atoms with Crippen molar-refractivity contribution in [3.05, 3.63) is 76.9 Å². The number of benzene rings is 2. The minimum absolute atomic E-state index is 0.183. The summed E-state index contributed by atoms with van der Waals surface area (Å²) in [5.41, 5.74) is 4.61. The fourth-order valence-corrected chi connectivity index (χ4v) is 3.32. The first-order chi connectivity index (χ1) is 11.6. The van der Waals surface area contributed by atoms with Crippen LogP contribution in [0.15, 0.2) is 65.7 Å². The number of carbonyl (C=O) groups is 1. The molecular formula is C21H23NO2. The van der Waals surface area contributed by atoms with Crippen LogP contribution in [0.25, 0.3) is 0 Å². The van der Waals surface area contributed by atoms with Gasteiger partial charge >= 0.3 is 0 Å². The summed E-state index contributed by atoms with van der Waals surface area (Å²) in [6.45, 7) is 4.32. The molecule has 1 N–H and O–H groups in total. The summed E-state index contributed by atoms with van der Waals surface area (Å²) in [6.07, 6.45) is 1.58. The van der Waals surface area contributed by atoms with Gasteiger partial charge in [-0.1, -0.05) is 42.5 Å². The van der Waals surface area contributed by atoms with Crippen LogP contribution in [0.5, 0.6) is 5.75 Å². The normalized spacial score (nSPS) is 15.5. The van der Waals surface area contributed by atoms with E-state index in [9.17, 15) is 9.90 Å². The van der Waals surface area contributed by atoms with Crippen LogP contribution < -0.4 is 0 Å². The lowest BCUT2D eigenvalue weighted by molar-refractivity contribution is -0.114. The first kappa shape index (κ1) is 16.5. The highest BCUT2D eigenvalue weighted by molar-refractivity contribution is 5.94. The number of carbonyl (C=O) groups excluding carboxylic acids is 1. The predicted molar refractivity (Wildman–Crippen MR) is 95.9 cm³/mol. The Morgan fingerprint density at radius 3 is 2.42 bits per heavy atom. The molecule has 1 aliphatic heterocycles. The van der Waals surface area contributed by atoms with Crippen molar-refractivity contribution in [2.45, 2.75) is 26.3 Å². The fraction of sp³-hybridized carbons (Fsp3) is 0.286. The number of aromatic hydroxyl groups is 1. The van der Waals surface area contributed by atoms with Crippen molar-refractivity contribution in [3.63, 3.8) is 0 Å². The topological polar surface area (TPSA) is 40.5 Å². The molecule has 0 saturated heterocycles. The van der Waals surface area contributed by atoms with Crippen LogP contribution in [-0.2, 0) is 17.8 Å². The average molecular weight is 321 g/mol. The van der Waals surface area contributed by atoms with Crippen molar-refractivity contribution in [2.24, 2.45) is 0 Å². The van der Waals surface area contributed by atoms with Crippen LogP contribution in [0.3, 0.4) is 0 Å². The molecule has 0 spiro atoms. The van der Waals surface area contributed by atoms with Gasteiger partial charge in [0.1, 0.15) is 5.75 Å². The van der Waals surface area contributed by atoms with Crippen molar-refractivity contribution in [1.29, 1.82) is 0 Å². The van der Waals surface area contributed by atoms with Crippen molar-refractivity contribution in [3.8, 4) is 5.75 Å². The van der Waals surface area contributed by atoms with Gasteiger partial charge in [-0.25, -0.2) is 0 Å². The van der Waals surface area contributed by atoms with Crippen LogP contribution in [0.1, 0.15) is 24.5 Å². The Morgan fingerprint density at radius 1 is 1.04 bits per heavy atom. The fourth-order valence-electron chi connectivity index (χ4n) is 3.32. The largest absolute Gasteiger partial charge is 0.508 e. The summed E-state index contributed by atoms with van der Waals surface area (Å²) in [5.74, 6) is 0.456. The minimum Gasteiger partial charge on any atom is -0.508 e. The zero-order valence-corrected chi connectivity index (χ0v) is 14.0. The molecule has 24 heavy (non-hydrogen) atoms. The SMILES string of the molecule is CC(=O)C1=C(Cc2ccc(O)cc2)CN(Cc2ccccc2)CC1. The van der Waals surface area contributed by atoms with Crippen LogP contribution >= 0.6 is 0 Å². The number of phenolic OH excluding ortho intramolecular Hbond substituents is 1. The maximum Gasteiger partial charge on any atom is 0.155 e. The van der Waals surface area contributed by atoms with Gasteiger partial charge in [0.25, 0.3) is 0 Å². The second-order valence-corrected chi connectivity index (χ2v) is 6.43. The summed E-state index contributed by atoms with van der Waals surface area (Å²) >= 11 is 0. The molecule has 1 heterocycles. The summed E-state index contributed by atoms with van der Waals surface area (Å²) < 4.78 is 0. The van der Waals surface area contributed by atoms with E-state index in [0.717, 1.165) is 43.6 Å². The Balaban J connectivity index is 1.76. The maximum absolute atomic E-state index is 12.0. The molecule has 0 saturated carbocycles. The molecule has 0 aromatic heterocycles. The van der Waals surface area contributed by atoms with E-state index in [2.05, 4.69) is 29.2 Å². The molecule has 0 fully saturated rings. The highest BCUT2D eigenvalue weighted by Crippen LogP contribution is 2.24. The monoisotopic (exact) mass is 321 g/mol. The molecule has 0 aliphatic carbocycles. The van der Waals surface area contributed by atoms with Gasteiger partial charge < -0.3 is 5.11 Å². The molecule has 0 bridgehead atoms. The summed E-state index contributed by atoms with van der Waals surface area (Å²) in [6, 6.07) is 17.7. The molecule has 0 radical (unpaired) electrons. The smallest absolute Gasteiger partial charge is 0.155 e. The van der Waals surface area contributed by atoms with E-state index in [1.165, 1.54) is 11.1 Å². The molecule has 0 unspecified atom stereocenters. The van der Waals surface area contributed by atoms with Gasteiger partial charge in [-0.05, 0) is 54.2 Å². The van der Waals surface area contributed by atoms with E-state index in [4.69, 9.17) is 0 Å². The van der Waals surface area contributed by atoms with E-state index in [0.29, 0.717) is 0 Å². The third-order valence-corrected chi connectivity index (χ3v) is 4.55. The number of ketones is 1. The molecule has 0 amide bonds. The standard InChI is InChI=1S/C21H23NO2/c1-16(23)21-11-12-22(14-18-5-3-2-4-6-18)15-19(21)13-17-7-9-20(24)10-8-17/h2-10,24H,11-15H2,1H3. The number of rotatable bonds is 5. The predicted octanol–water partition coefficient (Wildman–Crippen LogP) is 3.73. The average Bonchev–Trinajstić information content (AvgIpc) is 2.58. The minimum atomic E-state index is 0.183. The van der Waals surface area contributed by atoms with Gasteiger partial charge in [-0.3, -0.25) is 9.69 Å². The molecule has 2 aromatic carbocycles. The zero-order valence-electron chi connectivity index (χ0n) is 14.0. The van der Waals surface area contributed by atoms with E-state index >= 15 is 0 Å². The number of hydrogen-bond donors (Lipinski definition) is 1. The van der Waals surface area contributed by atoms with Gasteiger partial charge in [0, 0.05) is 19.6 Å². The van der Waals surface area contributed by atoms with E-state index in [-0.39, 0.29) is 11.5 Å². The zero-order chi connectivity index (χ0) is 16.9. The molecule has 3 rings (SSSR count). The van der Waals surface area contributed by atoms with E-state index < -0.39 is 0 Å². The number of hydrogen-bond acceptors (Lipinski definition) is 3. The van der Waals surface area contributed by atoms with Gasteiger partial charge in [0.15, 0.2) is 5.78 Å². The Morgan fingerprint density at radius 2 is 1.75 bits per heavy atom. The van der Waals surface area contributed by atoms with Crippen molar-refractivity contribution in [1.82, 2.24) is 4.90 Å². The van der Waals surface area contributed by atoms with E-state index in [1.54, 1.807) is 19.1 Å². The Bertz CT molecular complexity index is 732. The lowest BCUT2D eigenvalue weighted by Crippen LogP contribution is -2.33. The van der Waals surface area contributed by atoms with Gasteiger partial charge in [0.05, 0.1) is 0 Å². The Kier molecular flexibility index (Phi) is 5.11. The molecule has 0 atom stereocenters. The summed E-state index contributed by atoms with van der Waals surface area (Å²) in [7, 11) is 0. The van der Waals surface area contributed by atoms with Crippen LogP contribution in [0.2, 0.25) is 0 Å². The van der Waals surface area contributed by atoms with Gasteiger partial charge in [-0.2, -0.15) is 0 Å². The highest BCUT2D eigenvalue weighted by Gasteiger charge is 2.21. The van der Waals surface area contributed by atoms with Crippen molar-refractivity contribution < 1.29 is 9.90 Å². The lowest BCUT2D eigenvalue weighted by atomic mass is 9.92. The first-order valence-corrected chi connectivity index (χ1v) is 8.38. The van der Waals surface area contributed by atoms with Crippen LogP contribution in [0.4, 0.5) is 0 Å². The molecule has 3 heteroatoms. The second-order valence-electron chi connectivity index (χ2n) is 6.43. The third kappa shape index (κ3) is 4.12. The van der Waals surface area contributed by atoms with Crippen molar-refractivity contribution >= 4 is 5.78 Å². The lowest BCUT2D eigenvalue weighted by Gasteiger charge is -2.30. The highest BCUT2D eigenvalue weighted by atomic mass is 16.3. The Labute approximate surface area is 143 Å². The Hall–Kier alpha value is -2.39. The van der Waals surface area contributed by atoms with Crippen molar-refractivity contribution in [2.75, 3.05) is 13.1 Å². The summed E-state index contributed by atoms with van der Waals surface area (Å²) in [5, 5.41) is 9.43. The molecule has 124 valence electrons. The second kappa shape index (κ2) is 7.45. The molecule has 3 nitrogen and oxygen atoms in total. The third-order valence-electron chi connectivity index (χ3n) is 4.55. The first-order valence-electron chi connectivity index (χ1n) is 8.38. The van der Waals surface area contributed by atoms with Gasteiger partial charge in [-0.15, -0.1) is 0 Å². The maximum atomic E-state index is 12.0. The molecular weight excluding hydrogens is 298 g/mol. The number of phenols is 1. The van der Waals surface area contributed by atoms with Gasteiger partial charge in [0.2, 0.25) is 0 Å². The van der Waals surface area contributed by atoms with Crippen LogP contribution in [0, 0.1) is 0 Å². The quantitative estimate of drug-likeness (QED) is 0.912. The molecule has 1 aliphatic rings. The van der Waals surface area contributed by atoms with Crippen LogP contribution in [-0.4, -0.2) is 28.9 Å². The molecule has 2 aromatic rings. The van der Waals surface area contributed by atoms with E-state index in [1.807, 2.05) is 18.2 Å². The number of Topliss-reactive ketones (excluding diaryl/α,β-unsaturated/α-hetero) is 1. The summed E-state index contributed by atoms with van der Waals surface area (Å²) in [4.78, 5) is 14.4. The number of nitrogens with zero attached hydrogens (tertiary/aromatic N) is 1.